The number of hydrogen-bond donors (Lipinski definition) is 0. The highest BCUT2D eigenvalue weighted by molar-refractivity contribution is 7.91. The minimum absolute atomic E-state index is 0.0645. The third kappa shape index (κ3) is 4.03. The van der Waals surface area contributed by atoms with Crippen LogP contribution in [0.4, 0.5) is 0 Å². The summed E-state index contributed by atoms with van der Waals surface area (Å²) in [6, 6.07) is 3.73. The summed E-state index contributed by atoms with van der Waals surface area (Å²) in [7, 11) is 0. The summed E-state index contributed by atoms with van der Waals surface area (Å²) in [5.41, 5.74) is 3.07. The first-order valence-corrected chi connectivity index (χ1v) is 8.70. The normalized spacial score (nSPS) is 16.7. The van der Waals surface area contributed by atoms with Gasteiger partial charge in [-0.3, -0.25) is 4.79 Å². The topological polar surface area (TPSA) is 55.7 Å². The molecular weight excluding hydrogens is 320 g/mol. The maximum absolute atomic E-state index is 12.1. The number of rotatable bonds is 2. The molecular formula is C16H21ClN2O2S. The summed E-state index contributed by atoms with van der Waals surface area (Å²) in [5, 5.41) is 0.604. The van der Waals surface area contributed by atoms with E-state index >= 15 is 0 Å². The molecule has 22 heavy (non-hydrogen) atoms. The van der Waals surface area contributed by atoms with Gasteiger partial charge in [0.05, 0.1) is 6.21 Å². The van der Waals surface area contributed by atoms with Gasteiger partial charge >= 0.3 is 0 Å². The Hall–Kier alpha value is -1.04. The van der Waals surface area contributed by atoms with Gasteiger partial charge in [-0.15, -0.1) is 0 Å². The Morgan fingerprint density at radius 1 is 1.45 bits per heavy atom. The van der Waals surface area contributed by atoms with E-state index in [1.807, 2.05) is 32.9 Å². The summed E-state index contributed by atoms with van der Waals surface area (Å²) in [6.45, 7) is 8.49. The molecule has 0 saturated carbocycles. The third-order valence-corrected chi connectivity index (χ3v) is 5.15. The highest BCUT2D eigenvalue weighted by atomic mass is 35.5. The maximum Gasteiger partial charge on any atom is 0.219 e. The van der Waals surface area contributed by atoms with Crippen molar-refractivity contribution >= 4 is 35.1 Å². The Balaban J connectivity index is 2.31. The molecule has 0 bridgehead atoms. The highest BCUT2D eigenvalue weighted by Crippen LogP contribution is 2.26. The molecule has 0 fully saturated rings. The number of carbonyl (C=O) groups is 1. The molecule has 6 heteroatoms. The second kappa shape index (κ2) is 6.60. The van der Waals surface area contributed by atoms with E-state index in [0.717, 1.165) is 23.1 Å². The number of nitrogens with zero attached hydrogens (tertiary/aromatic N) is 2. The van der Waals surface area contributed by atoms with E-state index in [1.54, 1.807) is 18.0 Å². The van der Waals surface area contributed by atoms with Gasteiger partial charge in [0.15, 0.2) is 0 Å². The number of benzene rings is 1. The summed E-state index contributed by atoms with van der Waals surface area (Å²) < 4.78 is 15.8. The quantitative estimate of drug-likeness (QED) is 0.613. The lowest BCUT2D eigenvalue weighted by molar-refractivity contribution is -0.129. The molecule has 1 amide bonds. The Labute approximate surface area is 139 Å². The van der Waals surface area contributed by atoms with Crippen molar-refractivity contribution in [1.29, 1.82) is 0 Å². The van der Waals surface area contributed by atoms with Crippen molar-refractivity contribution in [3.05, 3.63) is 33.8 Å². The first-order valence-electron chi connectivity index (χ1n) is 7.21. The molecule has 0 aliphatic carbocycles. The van der Waals surface area contributed by atoms with Gasteiger partial charge in [-0.25, -0.2) is 0 Å². The lowest BCUT2D eigenvalue weighted by atomic mass is 9.95. The Morgan fingerprint density at radius 3 is 2.73 bits per heavy atom. The molecule has 0 radical (unpaired) electrons. The lowest BCUT2D eigenvalue weighted by Crippen LogP contribution is -2.34. The van der Waals surface area contributed by atoms with Crippen molar-refractivity contribution in [3.63, 3.8) is 0 Å². The number of carbonyl (C=O) groups excluding carboxylic acids is 1. The van der Waals surface area contributed by atoms with Crippen LogP contribution in [0.3, 0.4) is 0 Å². The van der Waals surface area contributed by atoms with E-state index < -0.39 is 11.4 Å². The Bertz CT molecular complexity index is 611. The number of halogens is 1. The van der Waals surface area contributed by atoms with Crippen LogP contribution in [0.25, 0.3) is 0 Å². The largest absolute Gasteiger partial charge is 0.591 e. The highest BCUT2D eigenvalue weighted by Gasteiger charge is 2.26. The molecule has 1 aliphatic rings. The number of hydrogen-bond acceptors (Lipinski definition) is 3. The van der Waals surface area contributed by atoms with E-state index in [9.17, 15) is 9.35 Å². The molecule has 1 atom stereocenters. The molecule has 2 rings (SSSR count). The maximum atomic E-state index is 12.1. The first-order chi connectivity index (χ1) is 10.2. The third-order valence-electron chi connectivity index (χ3n) is 3.59. The SMILES string of the molecule is CC(=O)N1CCc2c(/C=N/[S@@+]([O-])C(C)(C)C)cc(Cl)cc2C1. The van der Waals surface area contributed by atoms with E-state index in [0.29, 0.717) is 18.1 Å². The van der Waals surface area contributed by atoms with Gasteiger partial charge in [-0.2, -0.15) is 0 Å². The van der Waals surface area contributed by atoms with Crippen LogP contribution < -0.4 is 0 Å². The zero-order valence-corrected chi connectivity index (χ0v) is 14.9. The van der Waals surface area contributed by atoms with Gasteiger partial charge in [0, 0.05) is 30.6 Å². The second-order valence-electron chi connectivity index (χ2n) is 6.42. The van der Waals surface area contributed by atoms with Crippen LogP contribution in [0.5, 0.6) is 0 Å². The van der Waals surface area contributed by atoms with Crippen molar-refractivity contribution in [2.45, 2.75) is 45.4 Å². The molecule has 0 saturated heterocycles. The second-order valence-corrected chi connectivity index (χ2v) is 8.79. The Kier molecular flexibility index (Phi) is 5.20. The minimum atomic E-state index is -1.30. The van der Waals surface area contributed by atoms with Crippen LogP contribution in [0.2, 0.25) is 5.02 Å². The standard InChI is InChI=1S/C16H21ClN2O2S/c1-11(20)19-6-5-15-12(7-14(17)8-13(15)10-19)9-18-22(21)16(2,3)4/h7-9H,5-6,10H2,1-4H3/b18-9+/t22-/m0/s1. The van der Waals surface area contributed by atoms with E-state index in [-0.39, 0.29) is 10.7 Å². The van der Waals surface area contributed by atoms with Crippen LogP contribution >= 0.6 is 11.6 Å². The lowest BCUT2D eigenvalue weighted by Gasteiger charge is -2.29. The smallest absolute Gasteiger partial charge is 0.219 e. The fourth-order valence-corrected chi connectivity index (χ4v) is 3.12. The summed E-state index contributed by atoms with van der Waals surface area (Å²) in [6.07, 6.45) is 2.41. The van der Waals surface area contributed by atoms with Crippen molar-refractivity contribution in [3.8, 4) is 0 Å². The monoisotopic (exact) mass is 340 g/mol. The summed E-state index contributed by atoms with van der Waals surface area (Å²) in [4.78, 5) is 13.3. The van der Waals surface area contributed by atoms with Gasteiger partial charge in [-0.1, -0.05) is 16.0 Å². The van der Waals surface area contributed by atoms with Crippen molar-refractivity contribution in [2.75, 3.05) is 6.54 Å². The molecule has 0 N–H and O–H groups in total. The molecule has 1 heterocycles. The Morgan fingerprint density at radius 2 is 2.14 bits per heavy atom. The number of fused-ring (bicyclic) bond motifs is 1. The van der Waals surface area contributed by atoms with Gasteiger partial charge < -0.3 is 9.45 Å². The van der Waals surface area contributed by atoms with E-state index in [2.05, 4.69) is 4.40 Å². The first kappa shape index (κ1) is 17.3. The fourth-order valence-electron chi connectivity index (χ4n) is 2.34. The molecule has 0 aromatic heterocycles. The van der Waals surface area contributed by atoms with Crippen LogP contribution in [0.1, 0.15) is 44.4 Å². The molecule has 1 aliphatic heterocycles. The van der Waals surface area contributed by atoms with Gasteiger partial charge in [0.1, 0.15) is 16.1 Å². The van der Waals surface area contributed by atoms with E-state index in [1.165, 1.54) is 0 Å². The fraction of sp³-hybridized carbons (Fsp3) is 0.500. The van der Waals surface area contributed by atoms with Crippen molar-refractivity contribution in [1.82, 2.24) is 4.90 Å². The number of amides is 1. The van der Waals surface area contributed by atoms with Gasteiger partial charge in [-0.05, 0) is 50.5 Å². The summed E-state index contributed by atoms with van der Waals surface area (Å²) >= 11 is 4.88. The zero-order valence-electron chi connectivity index (χ0n) is 13.4. The van der Waals surface area contributed by atoms with Crippen LogP contribution in [-0.2, 0) is 29.1 Å². The molecule has 4 nitrogen and oxygen atoms in total. The van der Waals surface area contributed by atoms with E-state index in [4.69, 9.17) is 11.6 Å². The van der Waals surface area contributed by atoms with Crippen LogP contribution in [0, 0.1) is 0 Å². The molecule has 1 aromatic rings. The predicted molar refractivity (Wildman–Crippen MR) is 91.7 cm³/mol. The van der Waals surface area contributed by atoms with Gasteiger partial charge in [0.25, 0.3) is 0 Å². The van der Waals surface area contributed by atoms with Crippen LogP contribution in [-0.4, -0.2) is 32.9 Å². The zero-order chi connectivity index (χ0) is 16.5. The summed E-state index contributed by atoms with van der Waals surface area (Å²) in [5.74, 6) is 0.0645. The molecule has 120 valence electrons. The van der Waals surface area contributed by atoms with Gasteiger partial charge in [0.2, 0.25) is 5.91 Å². The molecule has 0 unspecified atom stereocenters. The van der Waals surface area contributed by atoms with Crippen LogP contribution in [0.15, 0.2) is 16.5 Å². The average molecular weight is 341 g/mol. The van der Waals surface area contributed by atoms with Crippen molar-refractivity contribution < 1.29 is 9.35 Å². The molecule has 0 spiro atoms. The predicted octanol–water partition coefficient (Wildman–Crippen LogP) is 3.13. The average Bonchev–Trinajstić information content (AvgIpc) is 2.42. The minimum Gasteiger partial charge on any atom is -0.591 e. The van der Waals surface area contributed by atoms with Crippen molar-refractivity contribution in [2.24, 2.45) is 4.40 Å². The molecule has 1 aromatic carbocycles.